The molecule has 0 aliphatic carbocycles. The number of para-hydroxylation sites is 1. The smallest absolute Gasteiger partial charge is 0.265 e. The lowest BCUT2D eigenvalue weighted by Gasteiger charge is -2.16. The minimum absolute atomic E-state index is 0.0526. The predicted octanol–water partition coefficient (Wildman–Crippen LogP) is 6.07. The van der Waals surface area contributed by atoms with Crippen LogP contribution in [0.3, 0.4) is 0 Å². The van der Waals surface area contributed by atoms with Crippen LogP contribution < -0.4 is 14.2 Å². The molecule has 0 bridgehead atoms. The standard InChI is InChI=1S/C22H22ClNO4S/c1-15(2)16-9-11-21(27-3)22(13-16)29(25,26)24-19-14-17(23)10-12-20(19)28-18-7-5-4-6-8-18/h4-15,24H,1-3H3. The Morgan fingerprint density at radius 1 is 0.931 bits per heavy atom. The number of nitrogens with one attached hydrogen (secondary N) is 1. The maximum Gasteiger partial charge on any atom is 0.265 e. The fraction of sp³-hybridized carbons (Fsp3) is 0.182. The summed E-state index contributed by atoms with van der Waals surface area (Å²) in [7, 11) is -2.52. The van der Waals surface area contributed by atoms with Crippen molar-refractivity contribution in [1.29, 1.82) is 0 Å². The fourth-order valence-electron chi connectivity index (χ4n) is 2.75. The predicted molar refractivity (Wildman–Crippen MR) is 116 cm³/mol. The van der Waals surface area contributed by atoms with Crippen LogP contribution in [0.5, 0.6) is 17.2 Å². The molecule has 1 N–H and O–H groups in total. The Labute approximate surface area is 176 Å². The second kappa shape index (κ2) is 8.76. The maximum absolute atomic E-state index is 13.2. The zero-order valence-electron chi connectivity index (χ0n) is 16.3. The second-order valence-electron chi connectivity index (χ2n) is 6.73. The summed E-state index contributed by atoms with van der Waals surface area (Å²) in [6.07, 6.45) is 0. The van der Waals surface area contributed by atoms with E-state index in [2.05, 4.69) is 4.72 Å². The first-order chi connectivity index (χ1) is 13.8. The van der Waals surface area contributed by atoms with Crippen molar-refractivity contribution in [3.8, 4) is 17.2 Å². The summed E-state index contributed by atoms with van der Waals surface area (Å²) < 4.78 is 40.1. The van der Waals surface area contributed by atoms with E-state index in [-0.39, 0.29) is 22.3 Å². The van der Waals surface area contributed by atoms with Gasteiger partial charge in [0.2, 0.25) is 0 Å². The number of ether oxygens (including phenoxy) is 2. The Bertz CT molecular complexity index is 1100. The molecule has 3 rings (SSSR count). The van der Waals surface area contributed by atoms with Crippen LogP contribution in [-0.4, -0.2) is 15.5 Å². The number of halogens is 1. The van der Waals surface area contributed by atoms with Crippen molar-refractivity contribution >= 4 is 27.3 Å². The minimum Gasteiger partial charge on any atom is -0.495 e. The van der Waals surface area contributed by atoms with E-state index in [9.17, 15) is 8.42 Å². The van der Waals surface area contributed by atoms with Crippen LogP contribution in [0.2, 0.25) is 5.02 Å². The second-order valence-corrected chi connectivity index (χ2v) is 8.81. The van der Waals surface area contributed by atoms with Crippen LogP contribution in [0, 0.1) is 0 Å². The molecule has 0 saturated carbocycles. The average Bonchev–Trinajstić information content (AvgIpc) is 2.70. The zero-order chi connectivity index (χ0) is 21.0. The molecule has 0 aliphatic rings. The molecule has 5 nitrogen and oxygen atoms in total. The van der Waals surface area contributed by atoms with Gasteiger partial charge in [-0.15, -0.1) is 0 Å². The summed E-state index contributed by atoms with van der Waals surface area (Å²) in [5.41, 5.74) is 1.12. The van der Waals surface area contributed by atoms with E-state index in [0.717, 1.165) is 5.56 Å². The third-order valence-corrected chi connectivity index (χ3v) is 5.92. The Morgan fingerprint density at radius 2 is 1.62 bits per heavy atom. The summed E-state index contributed by atoms with van der Waals surface area (Å²) in [5, 5.41) is 0.381. The van der Waals surface area contributed by atoms with Crippen molar-refractivity contribution in [3.05, 3.63) is 77.3 Å². The van der Waals surface area contributed by atoms with Gasteiger partial charge >= 0.3 is 0 Å². The lowest BCUT2D eigenvalue weighted by Crippen LogP contribution is -2.15. The van der Waals surface area contributed by atoms with Crippen LogP contribution in [0.1, 0.15) is 25.3 Å². The van der Waals surface area contributed by atoms with Crippen molar-refractivity contribution in [2.75, 3.05) is 11.8 Å². The van der Waals surface area contributed by atoms with Gasteiger partial charge in [-0.2, -0.15) is 0 Å². The van der Waals surface area contributed by atoms with Crippen LogP contribution in [-0.2, 0) is 10.0 Å². The summed E-state index contributed by atoms with van der Waals surface area (Å²) >= 11 is 6.10. The van der Waals surface area contributed by atoms with Gasteiger partial charge in [0.15, 0.2) is 5.75 Å². The monoisotopic (exact) mass is 431 g/mol. The topological polar surface area (TPSA) is 64.6 Å². The number of anilines is 1. The van der Waals surface area contributed by atoms with Gasteiger partial charge in [-0.05, 0) is 53.9 Å². The van der Waals surface area contributed by atoms with E-state index in [0.29, 0.717) is 16.5 Å². The van der Waals surface area contributed by atoms with Crippen LogP contribution >= 0.6 is 11.6 Å². The molecule has 0 aliphatic heterocycles. The Morgan fingerprint density at radius 3 is 2.28 bits per heavy atom. The van der Waals surface area contributed by atoms with Crippen molar-refractivity contribution in [2.45, 2.75) is 24.7 Å². The molecule has 0 atom stereocenters. The number of rotatable bonds is 7. The molecule has 29 heavy (non-hydrogen) atoms. The van der Waals surface area contributed by atoms with E-state index in [1.807, 2.05) is 38.1 Å². The van der Waals surface area contributed by atoms with Gasteiger partial charge in [-0.3, -0.25) is 4.72 Å². The van der Waals surface area contributed by atoms with E-state index >= 15 is 0 Å². The molecule has 0 heterocycles. The highest BCUT2D eigenvalue weighted by atomic mass is 35.5. The van der Waals surface area contributed by atoms with Gasteiger partial charge < -0.3 is 9.47 Å². The molecule has 3 aromatic rings. The number of benzene rings is 3. The van der Waals surface area contributed by atoms with Crippen molar-refractivity contribution in [2.24, 2.45) is 0 Å². The van der Waals surface area contributed by atoms with E-state index in [1.54, 1.807) is 36.4 Å². The molecule has 3 aromatic carbocycles. The maximum atomic E-state index is 13.2. The largest absolute Gasteiger partial charge is 0.495 e. The summed E-state index contributed by atoms with van der Waals surface area (Å²) in [6, 6.07) is 19.0. The zero-order valence-corrected chi connectivity index (χ0v) is 17.9. The molecule has 0 radical (unpaired) electrons. The Kier molecular flexibility index (Phi) is 6.35. The van der Waals surface area contributed by atoms with Gasteiger partial charge in [0.05, 0.1) is 12.8 Å². The van der Waals surface area contributed by atoms with Gasteiger partial charge in [-0.25, -0.2) is 8.42 Å². The highest BCUT2D eigenvalue weighted by Crippen LogP contribution is 2.35. The number of hydrogen-bond donors (Lipinski definition) is 1. The van der Waals surface area contributed by atoms with Gasteiger partial charge in [0, 0.05) is 5.02 Å². The first-order valence-corrected chi connectivity index (χ1v) is 10.9. The van der Waals surface area contributed by atoms with E-state index < -0.39 is 10.0 Å². The third kappa shape index (κ3) is 5.02. The normalized spacial score (nSPS) is 11.3. The van der Waals surface area contributed by atoms with Crippen LogP contribution in [0.4, 0.5) is 5.69 Å². The number of sulfonamides is 1. The first-order valence-electron chi connectivity index (χ1n) is 9.03. The summed E-state index contributed by atoms with van der Waals surface area (Å²) in [6.45, 7) is 3.99. The molecule has 0 unspecified atom stereocenters. The molecule has 7 heteroatoms. The SMILES string of the molecule is COc1ccc(C(C)C)cc1S(=O)(=O)Nc1cc(Cl)ccc1Oc1ccccc1. The highest BCUT2D eigenvalue weighted by molar-refractivity contribution is 7.92. The van der Waals surface area contributed by atoms with Gasteiger partial charge in [0.1, 0.15) is 16.4 Å². The quantitative estimate of drug-likeness (QED) is 0.493. The number of hydrogen-bond acceptors (Lipinski definition) is 4. The summed E-state index contributed by atoms with van der Waals surface area (Å²) in [5.74, 6) is 1.34. The minimum atomic E-state index is -3.96. The van der Waals surface area contributed by atoms with Crippen LogP contribution in [0.15, 0.2) is 71.6 Å². The Hall–Kier alpha value is -2.70. The average molecular weight is 432 g/mol. The van der Waals surface area contributed by atoms with Crippen molar-refractivity contribution in [1.82, 2.24) is 0 Å². The highest BCUT2D eigenvalue weighted by Gasteiger charge is 2.23. The summed E-state index contributed by atoms with van der Waals surface area (Å²) in [4.78, 5) is 0.0526. The lowest BCUT2D eigenvalue weighted by atomic mass is 10.0. The molecule has 0 saturated heterocycles. The van der Waals surface area contributed by atoms with E-state index in [1.165, 1.54) is 13.2 Å². The first kappa shape index (κ1) is 21.0. The number of methoxy groups -OCH3 is 1. The molecular weight excluding hydrogens is 410 g/mol. The molecular formula is C22H22ClNO4S. The third-order valence-electron chi connectivity index (χ3n) is 4.30. The Balaban J connectivity index is 2.01. The van der Waals surface area contributed by atoms with E-state index in [4.69, 9.17) is 21.1 Å². The molecule has 152 valence electrons. The fourth-order valence-corrected chi connectivity index (χ4v) is 4.19. The lowest BCUT2D eigenvalue weighted by molar-refractivity contribution is 0.402. The van der Waals surface area contributed by atoms with Gasteiger partial charge in [0.25, 0.3) is 10.0 Å². The van der Waals surface area contributed by atoms with Crippen molar-refractivity contribution in [3.63, 3.8) is 0 Å². The van der Waals surface area contributed by atoms with Crippen molar-refractivity contribution < 1.29 is 17.9 Å². The molecule has 0 fully saturated rings. The van der Waals surface area contributed by atoms with Crippen LogP contribution in [0.25, 0.3) is 0 Å². The molecule has 0 spiro atoms. The van der Waals surface area contributed by atoms with Gasteiger partial charge in [-0.1, -0.05) is 49.7 Å². The molecule has 0 amide bonds. The molecule has 0 aromatic heterocycles.